The van der Waals surface area contributed by atoms with Gasteiger partial charge in [-0.15, -0.1) is 0 Å². The third-order valence-electron chi connectivity index (χ3n) is 5.73. The smallest absolute Gasteiger partial charge is 0.410 e. The van der Waals surface area contributed by atoms with E-state index in [1.165, 1.54) is 12.4 Å². The monoisotopic (exact) mass is 623 g/mol. The van der Waals surface area contributed by atoms with Gasteiger partial charge in [0.2, 0.25) is 11.8 Å². The van der Waals surface area contributed by atoms with Gasteiger partial charge in [0.15, 0.2) is 5.75 Å². The van der Waals surface area contributed by atoms with E-state index >= 15 is 0 Å². The van der Waals surface area contributed by atoms with Gasteiger partial charge in [-0.3, -0.25) is 4.18 Å². The van der Waals surface area contributed by atoms with Crippen LogP contribution in [0.2, 0.25) is 10.0 Å². The van der Waals surface area contributed by atoms with Gasteiger partial charge in [-0.05, 0) is 57.0 Å². The van der Waals surface area contributed by atoms with Gasteiger partial charge in [0, 0.05) is 47.9 Å². The molecule has 0 aliphatic carbocycles. The number of carbonyl (C=O) groups is 1. The van der Waals surface area contributed by atoms with E-state index < -0.39 is 15.7 Å². The summed E-state index contributed by atoms with van der Waals surface area (Å²) in [5.41, 5.74) is 1.01. The highest BCUT2D eigenvalue weighted by atomic mass is 35.5. The molecule has 1 saturated heterocycles. The van der Waals surface area contributed by atoms with E-state index in [9.17, 15) is 13.2 Å². The largest absolute Gasteiger partial charge is 0.444 e. The van der Waals surface area contributed by atoms with E-state index in [0.717, 1.165) is 12.7 Å². The molecule has 1 fully saturated rings. The molecule has 1 amide bonds. The number of hydrogen-bond acceptors (Lipinski definition) is 10. The highest BCUT2D eigenvalue weighted by molar-refractivity contribution is 7.85. The van der Waals surface area contributed by atoms with Crippen LogP contribution in [0, 0.1) is 0 Å². The molecule has 0 spiro atoms. The van der Waals surface area contributed by atoms with Crippen LogP contribution in [0.15, 0.2) is 42.7 Å². The number of anilines is 1. The van der Waals surface area contributed by atoms with Crippen LogP contribution in [0.4, 0.5) is 10.7 Å². The van der Waals surface area contributed by atoms with Crippen molar-refractivity contribution in [3.63, 3.8) is 0 Å². The van der Waals surface area contributed by atoms with Crippen molar-refractivity contribution >= 4 is 45.4 Å². The van der Waals surface area contributed by atoms with Gasteiger partial charge < -0.3 is 19.3 Å². The molecule has 2 aromatic heterocycles. The second-order valence-electron chi connectivity index (χ2n) is 10.5. The van der Waals surface area contributed by atoms with Crippen LogP contribution in [0.5, 0.6) is 11.6 Å². The van der Waals surface area contributed by atoms with Crippen LogP contribution in [-0.2, 0) is 25.6 Å². The third kappa shape index (κ3) is 9.42. The summed E-state index contributed by atoms with van der Waals surface area (Å²) >= 11 is 12.3. The summed E-state index contributed by atoms with van der Waals surface area (Å²) in [5.74, 6) is 0.994. The van der Waals surface area contributed by atoms with E-state index in [1.54, 1.807) is 35.2 Å². The highest BCUT2D eigenvalue weighted by Crippen LogP contribution is 2.30. The number of hydrogen-bond donors (Lipinski definition) is 0. The molecular weight excluding hydrogens is 593 g/mol. The maximum absolute atomic E-state index is 12.5. The van der Waals surface area contributed by atoms with Crippen LogP contribution >= 0.6 is 23.2 Å². The first kappa shape index (κ1) is 30.8. The van der Waals surface area contributed by atoms with Gasteiger partial charge in [0.25, 0.3) is 10.1 Å². The summed E-state index contributed by atoms with van der Waals surface area (Å²) in [6, 6.07) is 8.20. The van der Waals surface area contributed by atoms with Crippen molar-refractivity contribution in [1.29, 1.82) is 0 Å². The number of rotatable bonds is 7. The van der Waals surface area contributed by atoms with Crippen molar-refractivity contribution < 1.29 is 26.9 Å². The first-order valence-electron chi connectivity index (χ1n) is 12.8. The molecule has 11 nitrogen and oxygen atoms in total. The average molecular weight is 625 g/mol. The molecule has 14 heteroatoms. The standard InChI is InChI=1S/C27H31Cl2N5O6S/c1-27(2,3)40-26(35)34-7-5-6-33(8-9-34)25-30-15-22(16-31-25)39-24-11-18(17-38-41(4,36)37)10-23(32-24)19-12-20(28)14-21(29)13-19/h10-16H,5-9,17H2,1-4H3. The fourth-order valence-electron chi connectivity index (χ4n) is 3.99. The molecule has 41 heavy (non-hydrogen) atoms. The van der Waals surface area contributed by atoms with Gasteiger partial charge in [-0.25, -0.2) is 19.7 Å². The van der Waals surface area contributed by atoms with Crippen molar-refractivity contribution in [2.75, 3.05) is 37.3 Å². The van der Waals surface area contributed by atoms with Crippen LogP contribution in [0.3, 0.4) is 0 Å². The summed E-state index contributed by atoms with van der Waals surface area (Å²) in [7, 11) is -3.68. The Balaban J connectivity index is 1.50. The Morgan fingerprint density at radius 1 is 0.976 bits per heavy atom. The molecule has 220 valence electrons. The maximum atomic E-state index is 12.5. The van der Waals surface area contributed by atoms with E-state index in [0.29, 0.717) is 64.7 Å². The molecule has 3 aromatic rings. The Morgan fingerprint density at radius 2 is 1.66 bits per heavy atom. The van der Waals surface area contributed by atoms with E-state index in [-0.39, 0.29) is 18.6 Å². The first-order chi connectivity index (χ1) is 19.2. The maximum Gasteiger partial charge on any atom is 0.410 e. The molecule has 4 rings (SSSR count). The molecule has 0 bridgehead atoms. The number of aromatic nitrogens is 3. The molecule has 3 heterocycles. The van der Waals surface area contributed by atoms with Crippen LogP contribution < -0.4 is 9.64 Å². The van der Waals surface area contributed by atoms with E-state index in [4.69, 9.17) is 36.9 Å². The summed E-state index contributed by atoms with van der Waals surface area (Å²) in [6.07, 6.45) is 4.43. The Labute approximate surface area is 249 Å². The number of benzene rings is 1. The molecular formula is C27H31Cl2N5O6S. The van der Waals surface area contributed by atoms with Crippen molar-refractivity contribution in [3.05, 3.63) is 58.3 Å². The molecule has 0 atom stereocenters. The predicted molar refractivity (Wildman–Crippen MR) is 156 cm³/mol. The molecule has 1 aliphatic rings. The lowest BCUT2D eigenvalue weighted by Gasteiger charge is -2.26. The minimum atomic E-state index is -3.68. The van der Waals surface area contributed by atoms with Crippen LogP contribution in [-0.4, -0.2) is 72.4 Å². The Morgan fingerprint density at radius 3 is 2.29 bits per heavy atom. The predicted octanol–water partition coefficient (Wildman–Crippen LogP) is 5.56. The van der Waals surface area contributed by atoms with Crippen molar-refractivity contribution in [3.8, 4) is 22.9 Å². The summed E-state index contributed by atoms with van der Waals surface area (Å²) in [5, 5.41) is 0.836. The molecule has 1 aliphatic heterocycles. The molecule has 0 unspecified atom stereocenters. The Kier molecular flexibility index (Phi) is 9.58. The fourth-order valence-corrected chi connectivity index (χ4v) is 4.87. The Hall–Kier alpha value is -3.19. The zero-order valence-corrected chi connectivity index (χ0v) is 25.5. The first-order valence-corrected chi connectivity index (χ1v) is 15.4. The lowest BCUT2D eigenvalue weighted by molar-refractivity contribution is 0.0263. The topological polar surface area (TPSA) is 124 Å². The van der Waals surface area contributed by atoms with E-state index in [2.05, 4.69) is 15.0 Å². The van der Waals surface area contributed by atoms with Gasteiger partial charge in [-0.2, -0.15) is 8.42 Å². The fraction of sp³-hybridized carbons (Fsp3) is 0.407. The summed E-state index contributed by atoms with van der Waals surface area (Å²) in [4.78, 5) is 29.6. The highest BCUT2D eigenvalue weighted by Gasteiger charge is 2.25. The van der Waals surface area contributed by atoms with Crippen molar-refractivity contribution in [2.24, 2.45) is 0 Å². The second-order valence-corrected chi connectivity index (χ2v) is 13.0. The number of carbonyl (C=O) groups excluding carboxylic acids is 1. The average Bonchev–Trinajstić information content (AvgIpc) is 3.13. The summed E-state index contributed by atoms with van der Waals surface area (Å²) in [6.45, 7) is 7.60. The zero-order chi connectivity index (χ0) is 29.8. The molecule has 0 saturated carbocycles. The second kappa shape index (κ2) is 12.8. The quantitative estimate of drug-likeness (QED) is 0.309. The lowest BCUT2D eigenvalue weighted by atomic mass is 10.1. The van der Waals surface area contributed by atoms with Crippen molar-refractivity contribution in [2.45, 2.75) is 39.4 Å². The normalized spacial score (nSPS) is 14.5. The molecule has 0 radical (unpaired) electrons. The van der Waals surface area contributed by atoms with Gasteiger partial charge in [0.1, 0.15) is 5.60 Å². The van der Waals surface area contributed by atoms with Gasteiger partial charge >= 0.3 is 6.09 Å². The minimum Gasteiger partial charge on any atom is -0.444 e. The summed E-state index contributed by atoms with van der Waals surface area (Å²) < 4.78 is 39.5. The Bertz CT molecular complexity index is 1480. The number of nitrogens with zero attached hydrogens (tertiary/aromatic N) is 5. The van der Waals surface area contributed by atoms with E-state index in [1.807, 2.05) is 25.7 Å². The van der Waals surface area contributed by atoms with Gasteiger partial charge in [0.05, 0.1) is 31.0 Å². The minimum absolute atomic E-state index is 0.171. The number of ether oxygens (including phenoxy) is 2. The SMILES string of the molecule is CC(C)(C)OC(=O)N1CCCN(c2ncc(Oc3cc(COS(C)(=O)=O)cc(-c4cc(Cl)cc(Cl)c4)n3)cn2)CC1. The molecule has 0 N–H and O–H groups in total. The zero-order valence-electron chi connectivity index (χ0n) is 23.1. The third-order valence-corrected chi connectivity index (χ3v) is 6.71. The molecule has 1 aromatic carbocycles. The number of halogens is 2. The van der Waals surface area contributed by atoms with Gasteiger partial charge in [-0.1, -0.05) is 23.2 Å². The number of pyridine rings is 1. The lowest BCUT2D eigenvalue weighted by Crippen LogP contribution is -2.39. The van der Waals surface area contributed by atoms with Crippen LogP contribution in [0.25, 0.3) is 11.3 Å². The van der Waals surface area contributed by atoms with Crippen LogP contribution in [0.1, 0.15) is 32.8 Å². The van der Waals surface area contributed by atoms with Crippen molar-refractivity contribution in [1.82, 2.24) is 19.9 Å². The number of amides is 1.